The molecule has 1 aliphatic rings. The second kappa shape index (κ2) is 7.33. The van der Waals surface area contributed by atoms with Gasteiger partial charge in [0, 0.05) is 25.2 Å². The fourth-order valence-electron chi connectivity index (χ4n) is 3.35. The van der Waals surface area contributed by atoms with Gasteiger partial charge in [-0.25, -0.2) is 0 Å². The van der Waals surface area contributed by atoms with Crippen molar-refractivity contribution in [3.8, 4) is 11.4 Å². The van der Waals surface area contributed by atoms with E-state index >= 15 is 0 Å². The van der Waals surface area contributed by atoms with Crippen LogP contribution in [0.25, 0.3) is 11.4 Å². The van der Waals surface area contributed by atoms with Crippen LogP contribution < -0.4 is 4.80 Å². The van der Waals surface area contributed by atoms with Crippen LogP contribution in [-0.2, 0) is 17.7 Å². The molecule has 0 spiro atoms. The van der Waals surface area contributed by atoms with Gasteiger partial charge < -0.3 is 9.30 Å². The Balaban J connectivity index is 1.76. The lowest BCUT2D eigenvalue weighted by Crippen LogP contribution is -2.20. The first-order valence-electron chi connectivity index (χ1n) is 8.57. The summed E-state index contributed by atoms with van der Waals surface area (Å²) in [5.74, 6) is 0. The van der Waals surface area contributed by atoms with E-state index in [9.17, 15) is 0 Å². The van der Waals surface area contributed by atoms with Crippen molar-refractivity contribution in [2.75, 3.05) is 13.7 Å². The smallest absolute Gasteiger partial charge is 0.185 e. The highest BCUT2D eigenvalue weighted by atomic mass is 32.1. The molecule has 4 rings (SSSR count). The molecule has 0 radical (unpaired) electrons. The van der Waals surface area contributed by atoms with Gasteiger partial charge in [-0.3, -0.25) is 9.98 Å². The fourth-order valence-corrected chi connectivity index (χ4v) is 4.32. The number of fused-ring (bicyclic) bond motifs is 1. The number of hydrogen-bond acceptors (Lipinski definition) is 4. The van der Waals surface area contributed by atoms with Crippen LogP contribution in [0.1, 0.15) is 23.6 Å². The van der Waals surface area contributed by atoms with Crippen molar-refractivity contribution in [1.82, 2.24) is 9.55 Å². The predicted molar refractivity (Wildman–Crippen MR) is 100 cm³/mol. The third-order valence-corrected chi connectivity index (χ3v) is 5.49. The Bertz CT molecular complexity index is 914. The highest BCUT2D eigenvalue weighted by Gasteiger charge is 2.21. The molecular weight excluding hydrogens is 330 g/mol. The Hall–Kier alpha value is -2.24. The van der Waals surface area contributed by atoms with E-state index in [1.807, 2.05) is 24.4 Å². The van der Waals surface area contributed by atoms with Crippen molar-refractivity contribution >= 4 is 11.3 Å². The minimum atomic E-state index is 0.250. The molecule has 128 valence electrons. The minimum absolute atomic E-state index is 0.250. The van der Waals surface area contributed by atoms with E-state index < -0.39 is 0 Å². The molecular formula is C20H21N3OS. The number of pyridine rings is 1. The van der Waals surface area contributed by atoms with Crippen molar-refractivity contribution < 1.29 is 4.74 Å². The van der Waals surface area contributed by atoms with Gasteiger partial charge in [-0.15, -0.1) is 11.3 Å². The first-order valence-corrected chi connectivity index (χ1v) is 9.45. The van der Waals surface area contributed by atoms with E-state index in [0.717, 1.165) is 35.6 Å². The maximum atomic E-state index is 5.31. The van der Waals surface area contributed by atoms with Gasteiger partial charge in [-0.05, 0) is 36.1 Å². The summed E-state index contributed by atoms with van der Waals surface area (Å²) in [5, 5.41) is 2.15. The van der Waals surface area contributed by atoms with Gasteiger partial charge in [0.15, 0.2) is 4.80 Å². The summed E-state index contributed by atoms with van der Waals surface area (Å²) >= 11 is 1.68. The monoisotopic (exact) mass is 351 g/mol. The molecule has 0 saturated carbocycles. The second-order valence-corrected chi connectivity index (χ2v) is 6.98. The first-order chi connectivity index (χ1) is 12.4. The molecule has 1 unspecified atom stereocenters. The number of aromatic nitrogens is 2. The van der Waals surface area contributed by atoms with Gasteiger partial charge in [0.25, 0.3) is 0 Å². The number of ether oxygens (including phenoxy) is 1. The molecule has 2 aromatic heterocycles. The van der Waals surface area contributed by atoms with Gasteiger partial charge in [-0.1, -0.05) is 30.3 Å². The van der Waals surface area contributed by atoms with Crippen molar-refractivity contribution in [3.05, 3.63) is 70.0 Å². The largest absolute Gasteiger partial charge is 0.383 e. The highest BCUT2D eigenvalue weighted by Crippen LogP contribution is 2.33. The lowest BCUT2D eigenvalue weighted by atomic mass is 10.1. The molecule has 1 atom stereocenters. The van der Waals surface area contributed by atoms with Crippen molar-refractivity contribution in [1.29, 1.82) is 0 Å². The normalized spacial score (nSPS) is 17.0. The maximum absolute atomic E-state index is 5.31. The number of aryl methyl sites for hydroxylation is 1. The van der Waals surface area contributed by atoms with Crippen molar-refractivity contribution in [2.45, 2.75) is 25.4 Å². The van der Waals surface area contributed by atoms with Gasteiger partial charge in [-0.2, -0.15) is 0 Å². The van der Waals surface area contributed by atoms with Crippen LogP contribution in [0.2, 0.25) is 0 Å². The molecule has 2 heterocycles. The van der Waals surface area contributed by atoms with E-state index in [1.165, 1.54) is 11.1 Å². The molecule has 5 heteroatoms. The Kier molecular flexibility index (Phi) is 4.76. The third kappa shape index (κ3) is 3.30. The SMILES string of the molecule is COCCn1c(-c2ccccn2)csc1=NC1CCc2ccccc21. The summed E-state index contributed by atoms with van der Waals surface area (Å²) in [6.45, 7) is 1.43. The summed E-state index contributed by atoms with van der Waals surface area (Å²) in [5.41, 5.74) is 4.88. The van der Waals surface area contributed by atoms with E-state index in [2.05, 4.69) is 39.2 Å². The van der Waals surface area contributed by atoms with E-state index in [1.54, 1.807) is 18.4 Å². The maximum Gasteiger partial charge on any atom is 0.185 e. The van der Waals surface area contributed by atoms with E-state index in [-0.39, 0.29) is 6.04 Å². The molecule has 0 bridgehead atoms. The van der Waals surface area contributed by atoms with Crippen LogP contribution in [0, 0.1) is 0 Å². The van der Waals surface area contributed by atoms with Crippen molar-refractivity contribution in [2.24, 2.45) is 4.99 Å². The van der Waals surface area contributed by atoms with E-state index in [4.69, 9.17) is 9.73 Å². The Morgan fingerprint density at radius 2 is 2.12 bits per heavy atom. The van der Waals surface area contributed by atoms with Crippen LogP contribution in [0.15, 0.2) is 59.0 Å². The second-order valence-electron chi connectivity index (χ2n) is 6.15. The summed E-state index contributed by atoms with van der Waals surface area (Å²) in [7, 11) is 1.73. The zero-order valence-electron chi connectivity index (χ0n) is 14.3. The molecule has 0 aliphatic heterocycles. The van der Waals surface area contributed by atoms with Crippen LogP contribution in [0.3, 0.4) is 0 Å². The Morgan fingerprint density at radius 1 is 1.24 bits per heavy atom. The standard InChI is InChI=1S/C20H21N3OS/c1-24-13-12-23-19(18-8-4-5-11-21-18)14-25-20(23)22-17-10-9-15-6-2-3-7-16(15)17/h2-8,11,14,17H,9-10,12-13H2,1H3. The number of hydrogen-bond donors (Lipinski definition) is 0. The summed E-state index contributed by atoms with van der Waals surface area (Å²) in [6.07, 6.45) is 4.03. The molecule has 0 N–H and O–H groups in total. The number of methoxy groups -OCH3 is 1. The van der Waals surface area contributed by atoms with Crippen LogP contribution >= 0.6 is 11.3 Å². The quantitative estimate of drug-likeness (QED) is 0.700. The molecule has 4 nitrogen and oxygen atoms in total. The summed E-state index contributed by atoms with van der Waals surface area (Å²) < 4.78 is 7.54. The topological polar surface area (TPSA) is 39.4 Å². The number of nitrogens with zero attached hydrogens (tertiary/aromatic N) is 3. The van der Waals surface area contributed by atoms with Gasteiger partial charge in [0.2, 0.25) is 0 Å². The molecule has 1 aliphatic carbocycles. The highest BCUT2D eigenvalue weighted by molar-refractivity contribution is 7.07. The average molecular weight is 351 g/mol. The van der Waals surface area contributed by atoms with Gasteiger partial charge in [0.1, 0.15) is 0 Å². The summed E-state index contributed by atoms with van der Waals surface area (Å²) in [6, 6.07) is 14.9. The molecule has 0 saturated heterocycles. The molecule has 3 aromatic rings. The van der Waals surface area contributed by atoms with E-state index in [0.29, 0.717) is 6.61 Å². The minimum Gasteiger partial charge on any atom is -0.383 e. The fraction of sp³-hybridized carbons (Fsp3) is 0.300. The van der Waals surface area contributed by atoms with Crippen LogP contribution in [0.4, 0.5) is 0 Å². The number of benzene rings is 1. The predicted octanol–water partition coefficient (Wildman–Crippen LogP) is 3.85. The molecule has 1 aromatic carbocycles. The number of rotatable bonds is 5. The number of thiazole rings is 1. The first kappa shape index (κ1) is 16.2. The van der Waals surface area contributed by atoms with Crippen molar-refractivity contribution in [3.63, 3.8) is 0 Å². The lowest BCUT2D eigenvalue weighted by molar-refractivity contribution is 0.187. The lowest BCUT2D eigenvalue weighted by Gasteiger charge is -2.10. The summed E-state index contributed by atoms with van der Waals surface area (Å²) in [4.78, 5) is 10.6. The van der Waals surface area contributed by atoms with Crippen LogP contribution in [0.5, 0.6) is 0 Å². The van der Waals surface area contributed by atoms with Gasteiger partial charge >= 0.3 is 0 Å². The zero-order valence-corrected chi connectivity index (χ0v) is 15.1. The average Bonchev–Trinajstić information content (AvgIpc) is 3.26. The molecule has 0 fully saturated rings. The molecule has 25 heavy (non-hydrogen) atoms. The third-order valence-electron chi connectivity index (χ3n) is 4.61. The van der Waals surface area contributed by atoms with Gasteiger partial charge in [0.05, 0.1) is 24.0 Å². The molecule has 0 amide bonds. The van der Waals surface area contributed by atoms with Crippen LogP contribution in [-0.4, -0.2) is 23.3 Å². The Morgan fingerprint density at radius 3 is 2.96 bits per heavy atom. The Labute approximate surface area is 151 Å². The zero-order chi connectivity index (χ0) is 17.1.